The summed E-state index contributed by atoms with van der Waals surface area (Å²) in [6.45, 7) is 7.80. The highest BCUT2D eigenvalue weighted by molar-refractivity contribution is 7.87. The van der Waals surface area contributed by atoms with Crippen molar-refractivity contribution in [1.82, 2.24) is 0 Å². The maximum absolute atomic E-state index is 13.3. The van der Waals surface area contributed by atoms with E-state index in [4.69, 9.17) is 9.47 Å². The standard InChI is InChI=1S/C16H20N2O4S/c1-5-21-14-15(4)11(3)17-18-16(15,13(19)22-14)23(20)12-8-6-10(2)7-9-12/h6-9,11,14H,5H2,1-4H3/t11-,14+,15+,16+,23?/m1/s1. The number of carbonyl (C=O) groups is 1. The van der Waals surface area contributed by atoms with Gasteiger partial charge in [-0.2, -0.15) is 10.2 Å². The Balaban J connectivity index is 2.10. The number of nitrogens with zero attached hydrogens (tertiary/aromatic N) is 2. The Hall–Kier alpha value is -1.60. The van der Waals surface area contributed by atoms with Gasteiger partial charge in [-0.3, -0.25) is 4.21 Å². The molecule has 124 valence electrons. The Morgan fingerprint density at radius 2 is 2.00 bits per heavy atom. The van der Waals surface area contributed by atoms with Crippen LogP contribution < -0.4 is 0 Å². The normalized spacial score (nSPS) is 36.8. The number of ether oxygens (including phenoxy) is 2. The summed E-state index contributed by atoms with van der Waals surface area (Å²) in [5.74, 6) is -0.634. The lowest BCUT2D eigenvalue weighted by Gasteiger charge is -2.34. The number of carbonyl (C=O) groups excluding carboxylic acids is 1. The van der Waals surface area contributed by atoms with E-state index in [1.807, 2.05) is 39.8 Å². The molecule has 1 unspecified atom stereocenters. The lowest BCUT2D eigenvalue weighted by atomic mass is 9.78. The fourth-order valence-corrected chi connectivity index (χ4v) is 4.81. The lowest BCUT2D eigenvalue weighted by Crippen LogP contribution is -2.53. The van der Waals surface area contributed by atoms with Crippen LogP contribution in [0.5, 0.6) is 0 Å². The quantitative estimate of drug-likeness (QED) is 0.792. The van der Waals surface area contributed by atoms with E-state index in [9.17, 15) is 9.00 Å². The lowest BCUT2D eigenvalue weighted by molar-refractivity contribution is -0.176. The van der Waals surface area contributed by atoms with E-state index in [2.05, 4.69) is 10.2 Å². The molecule has 2 heterocycles. The number of fused-ring (bicyclic) bond motifs is 1. The van der Waals surface area contributed by atoms with Crippen molar-refractivity contribution in [2.24, 2.45) is 15.6 Å². The minimum atomic E-state index is -1.72. The first-order chi connectivity index (χ1) is 10.9. The third-order valence-electron chi connectivity index (χ3n) is 4.77. The molecule has 0 aromatic heterocycles. The first-order valence-corrected chi connectivity index (χ1v) is 8.76. The van der Waals surface area contributed by atoms with Gasteiger partial charge in [0.25, 0.3) is 4.87 Å². The number of rotatable bonds is 4. The van der Waals surface area contributed by atoms with Crippen LogP contribution in [0.25, 0.3) is 0 Å². The summed E-state index contributed by atoms with van der Waals surface area (Å²) >= 11 is 0. The van der Waals surface area contributed by atoms with Crippen LogP contribution in [0, 0.1) is 12.3 Å². The van der Waals surface area contributed by atoms with Gasteiger partial charge in [0.05, 0.1) is 16.8 Å². The molecule has 1 aromatic carbocycles. The van der Waals surface area contributed by atoms with Gasteiger partial charge in [-0.1, -0.05) is 17.7 Å². The van der Waals surface area contributed by atoms with Crippen LogP contribution in [-0.4, -0.2) is 34.0 Å². The van der Waals surface area contributed by atoms with E-state index < -0.39 is 33.3 Å². The molecule has 2 aliphatic heterocycles. The van der Waals surface area contributed by atoms with Crippen molar-refractivity contribution in [3.8, 4) is 0 Å². The molecular weight excluding hydrogens is 316 g/mol. The number of esters is 1. The van der Waals surface area contributed by atoms with Crippen LogP contribution in [0.15, 0.2) is 39.4 Å². The van der Waals surface area contributed by atoms with Gasteiger partial charge < -0.3 is 9.47 Å². The molecule has 0 aliphatic carbocycles. The molecule has 2 aliphatic rings. The molecule has 7 heteroatoms. The predicted molar refractivity (Wildman–Crippen MR) is 84.2 cm³/mol. The van der Waals surface area contributed by atoms with E-state index >= 15 is 0 Å². The summed E-state index contributed by atoms with van der Waals surface area (Å²) < 4.78 is 24.3. The Kier molecular flexibility index (Phi) is 3.88. The number of azo groups is 1. The number of hydrogen-bond acceptors (Lipinski definition) is 6. The van der Waals surface area contributed by atoms with E-state index in [1.54, 1.807) is 12.1 Å². The molecule has 23 heavy (non-hydrogen) atoms. The van der Waals surface area contributed by atoms with Crippen molar-refractivity contribution >= 4 is 16.8 Å². The van der Waals surface area contributed by atoms with Crippen molar-refractivity contribution in [2.45, 2.75) is 49.8 Å². The van der Waals surface area contributed by atoms with Gasteiger partial charge in [-0.15, -0.1) is 0 Å². The van der Waals surface area contributed by atoms with Crippen LogP contribution in [0.4, 0.5) is 0 Å². The number of hydrogen-bond donors (Lipinski definition) is 0. The topological polar surface area (TPSA) is 77.3 Å². The van der Waals surface area contributed by atoms with Crippen LogP contribution in [-0.2, 0) is 25.1 Å². The molecule has 0 radical (unpaired) electrons. The maximum Gasteiger partial charge on any atom is 0.352 e. The number of benzene rings is 1. The summed E-state index contributed by atoms with van der Waals surface area (Å²) in [6.07, 6.45) is -0.806. The van der Waals surface area contributed by atoms with E-state index in [-0.39, 0.29) is 6.04 Å². The summed E-state index contributed by atoms with van der Waals surface area (Å²) in [7, 11) is -1.72. The van der Waals surface area contributed by atoms with Crippen LogP contribution in [0.1, 0.15) is 26.3 Å². The molecule has 3 rings (SSSR count). The third kappa shape index (κ3) is 2.03. The summed E-state index contributed by atoms with van der Waals surface area (Å²) in [5.41, 5.74) is 0.143. The second kappa shape index (κ2) is 5.49. The Labute approximate surface area is 137 Å². The Morgan fingerprint density at radius 1 is 1.35 bits per heavy atom. The SMILES string of the molecule is CCO[C@H]1OC(=O)[C@@]2(S(=O)c3ccc(C)cc3)N=N[C@H](C)[C@@]12C. The van der Waals surface area contributed by atoms with Crippen LogP contribution in [0.3, 0.4) is 0 Å². The minimum Gasteiger partial charge on any atom is -0.432 e. The molecule has 1 aromatic rings. The summed E-state index contributed by atoms with van der Waals surface area (Å²) in [5, 5.41) is 8.33. The van der Waals surface area contributed by atoms with Crippen molar-refractivity contribution in [3.05, 3.63) is 29.8 Å². The monoisotopic (exact) mass is 336 g/mol. The van der Waals surface area contributed by atoms with Gasteiger partial charge in [-0.25, -0.2) is 4.79 Å². The average molecular weight is 336 g/mol. The first kappa shape index (κ1) is 16.3. The zero-order valence-electron chi connectivity index (χ0n) is 13.6. The average Bonchev–Trinajstić information content (AvgIpc) is 2.92. The molecule has 0 bridgehead atoms. The highest BCUT2D eigenvalue weighted by atomic mass is 32.2. The molecule has 0 N–H and O–H groups in total. The maximum atomic E-state index is 13.3. The van der Waals surface area contributed by atoms with Gasteiger partial charge in [0, 0.05) is 11.5 Å². The zero-order chi connectivity index (χ0) is 16.8. The van der Waals surface area contributed by atoms with Crippen LogP contribution >= 0.6 is 0 Å². The highest BCUT2D eigenvalue weighted by Crippen LogP contribution is 2.56. The smallest absolute Gasteiger partial charge is 0.352 e. The molecule has 6 nitrogen and oxygen atoms in total. The Bertz CT molecular complexity index is 690. The van der Waals surface area contributed by atoms with E-state index in [0.29, 0.717) is 11.5 Å². The molecule has 1 fully saturated rings. The molecule has 0 saturated carbocycles. The number of aryl methyl sites for hydroxylation is 1. The largest absolute Gasteiger partial charge is 0.432 e. The number of cyclic esters (lactones) is 1. The van der Waals surface area contributed by atoms with Gasteiger partial charge in [-0.05, 0) is 39.8 Å². The molecule has 0 amide bonds. The van der Waals surface area contributed by atoms with Gasteiger partial charge in [0.15, 0.2) is 0 Å². The van der Waals surface area contributed by atoms with Gasteiger partial charge in [0.1, 0.15) is 5.41 Å². The van der Waals surface area contributed by atoms with Gasteiger partial charge >= 0.3 is 5.97 Å². The molecule has 1 saturated heterocycles. The van der Waals surface area contributed by atoms with E-state index in [0.717, 1.165) is 5.56 Å². The predicted octanol–water partition coefficient (Wildman–Crippen LogP) is 2.58. The van der Waals surface area contributed by atoms with Crippen molar-refractivity contribution in [3.63, 3.8) is 0 Å². The summed E-state index contributed by atoms with van der Waals surface area (Å²) in [6, 6.07) is 6.88. The second-order valence-electron chi connectivity index (χ2n) is 6.09. The summed E-state index contributed by atoms with van der Waals surface area (Å²) in [4.78, 5) is 11.6. The first-order valence-electron chi connectivity index (χ1n) is 7.61. The molecule has 5 atom stereocenters. The fraction of sp³-hybridized carbons (Fsp3) is 0.562. The van der Waals surface area contributed by atoms with Gasteiger partial charge in [0.2, 0.25) is 6.29 Å². The van der Waals surface area contributed by atoms with Crippen molar-refractivity contribution < 1.29 is 18.5 Å². The third-order valence-corrected chi connectivity index (χ3v) is 6.70. The second-order valence-corrected chi connectivity index (χ2v) is 7.69. The van der Waals surface area contributed by atoms with Crippen LogP contribution in [0.2, 0.25) is 0 Å². The Morgan fingerprint density at radius 3 is 2.61 bits per heavy atom. The van der Waals surface area contributed by atoms with E-state index in [1.165, 1.54) is 0 Å². The highest BCUT2D eigenvalue weighted by Gasteiger charge is 2.75. The fourth-order valence-electron chi connectivity index (χ4n) is 3.10. The molecule has 0 spiro atoms. The molecular formula is C16H20N2O4S. The minimum absolute atomic E-state index is 0.333. The zero-order valence-corrected chi connectivity index (χ0v) is 14.4. The van der Waals surface area contributed by atoms with Crippen molar-refractivity contribution in [1.29, 1.82) is 0 Å². The van der Waals surface area contributed by atoms with Crippen molar-refractivity contribution in [2.75, 3.05) is 6.61 Å².